The summed E-state index contributed by atoms with van der Waals surface area (Å²) in [5, 5.41) is 7.15. The number of fused-ring (bicyclic) bond motifs is 1. The number of rotatable bonds is 5. The van der Waals surface area contributed by atoms with Crippen LogP contribution < -0.4 is 10.2 Å². The van der Waals surface area contributed by atoms with E-state index >= 15 is 0 Å². The van der Waals surface area contributed by atoms with Crippen molar-refractivity contribution in [3.05, 3.63) is 102 Å². The molecule has 1 N–H and O–H groups in total. The molecule has 8 nitrogen and oxygen atoms in total. The Bertz CT molecular complexity index is 1440. The highest BCUT2D eigenvalue weighted by Crippen LogP contribution is 2.41. The van der Waals surface area contributed by atoms with Crippen LogP contribution in [0.25, 0.3) is 5.69 Å². The molecule has 0 spiro atoms. The van der Waals surface area contributed by atoms with Crippen LogP contribution >= 0.6 is 0 Å². The number of carbonyl (C=O) groups is 2. The third-order valence-electron chi connectivity index (χ3n) is 6.14. The molecular formula is C28H27F3N6O2. The maximum absolute atomic E-state index is 13.8. The topological polar surface area (TPSA) is 93.0 Å². The van der Waals surface area contributed by atoms with Gasteiger partial charge in [0, 0.05) is 24.2 Å². The average Bonchev–Trinajstić information content (AvgIpc) is 3.39. The first kappa shape index (κ1) is 27.5. The van der Waals surface area contributed by atoms with Gasteiger partial charge in [0.25, 0.3) is 11.8 Å². The molecule has 3 heterocycles. The van der Waals surface area contributed by atoms with Crippen LogP contribution in [0.5, 0.6) is 0 Å². The summed E-state index contributed by atoms with van der Waals surface area (Å²) in [5.74, 6) is -2.18. The average molecular weight is 537 g/mol. The lowest BCUT2D eigenvalue weighted by Gasteiger charge is -2.38. The number of alkyl halides is 3. The van der Waals surface area contributed by atoms with E-state index in [1.54, 1.807) is 17.8 Å². The minimum atomic E-state index is -4.74. The zero-order valence-electron chi connectivity index (χ0n) is 21.6. The molecule has 2 atom stereocenters. The maximum atomic E-state index is 13.8. The van der Waals surface area contributed by atoms with Crippen molar-refractivity contribution < 1.29 is 22.8 Å². The van der Waals surface area contributed by atoms with Crippen LogP contribution in [0.4, 0.5) is 19.0 Å². The largest absolute Gasteiger partial charge is 0.433 e. The first-order valence-corrected chi connectivity index (χ1v) is 12.5. The molecule has 0 fully saturated rings. The van der Waals surface area contributed by atoms with Crippen LogP contribution in [-0.4, -0.2) is 44.1 Å². The van der Waals surface area contributed by atoms with Crippen molar-refractivity contribution >= 4 is 17.6 Å². The Morgan fingerprint density at radius 1 is 1.00 bits per heavy atom. The fraction of sp³-hybridized carbons (Fsp3) is 0.250. The zero-order valence-corrected chi connectivity index (χ0v) is 21.6. The summed E-state index contributed by atoms with van der Waals surface area (Å²) < 4.78 is 41.1. The predicted molar refractivity (Wildman–Crippen MR) is 140 cm³/mol. The van der Waals surface area contributed by atoms with Gasteiger partial charge in [-0.15, -0.1) is 0 Å². The normalized spacial score (nSPS) is 16.7. The monoisotopic (exact) mass is 536 g/mol. The molecule has 2 unspecified atom stereocenters. The Balaban J connectivity index is 0.00000172. The lowest BCUT2D eigenvalue weighted by Crippen LogP contribution is -2.55. The van der Waals surface area contributed by atoms with E-state index in [1.807, 2.05) is 74.5 Å². The molecule has 4 aromatic rings. The van der Waals surface area contributed by atoms with Gasteiger partial charge < -0.3 is 5.32 Å². The van der Waals surface area contributed by atoms with Gasteiger partial charge in [0.1, 0.15) is 17.6 Å². The van der Waals surface area contributed by atoms with Crippen molar-refractivity contribution in [3.8, 4) is 5.69 Å². The van der Waals surface area contributed by atoms with Gasteiger partial charge in [-0.2, -0.15) is 18.3 Å². The summed E-state index contributed by atoms with van der Waals surface area (Å²) in [6.07, 6.45) is -2.23. The molecule has 2 amide bonds. The zero-order chi connectivity index (χ0) is 28.2. The fourth-order valence-corrected chi connectivity index (χ4v) is 4.51. The minimum Gasteiger partial charge on any atom is -0.337 e. The summed E-state index contributed by atoms with van der Waals surface area (Å²) in [7, 11) is 0. The van der Waals surface area contributed by atoms with E-state index in [-0.39, 0.29) is 6.54 Å². The Morgan fingerprint density at radius 2 is 1.64 bits per heavy atom. The van der Waals surface area contributed by atoms with Gasteiger partial charge in [0.15, 0.2) is 0 Å². The van der Waals surface area contributed by atoms with Crippen LogP contribution in [0.1, 0.15) is 54.1 Å². The molecule has 5 rings (SSSR count). The minimum absolute atomic E-state index is 0.276. The second kappa shape index (κ2) is 11.5. The number of likely N-dealkylation sites (N-methyl/N-ethyl adjacent to an activating group) is 1. The van der Waals surface area contributed by atoms with Gasteiger partial charge in [-0.05, 0) is 30.7 Å². The molecule has 2 aromatic heterocycles. The number of aromatic nitrogens is 4. The highest BCUT2D eigenvalue weighted by Gasteiger charge is 2.44. The standard InChI is InChI=1S/C26H21F3N6O2.C2H6/c1-2-34-24-18(15-31-35(24)17-11-7-4-8-12-17)20(16-9-5-3-6-10-16)21(25(34)37)33-23(36)22-30-14-13-19(32-22)26(27,28)29;1-2/h3-15,20-21H,2H2,1H3,(H,33,36);1-2H3. The van der Waals surface area contributed by atoms with Crippen LogP contribution in [0, 0.1) is 0 Å². The fourth-order valence-electron chi connectivity index (χ4n) is 4.51. The van der Waals surface area contributed by atoms with E-state index in [2.05, 4.69) is 20.4 Å². The molecule has 11 heteroatoms. The second-order valence-corrected chi connectivity index (χ2v) is 8.36. The quantitative estimate of drug-likeness (QED) is 0.387. The summed E-state index contributed by atoms with van der Waals surface area (Å²) in [6, 6.07) is 17.9. The summed E-state index contributed by atoms with van der Waals surface area (Å²) in [5.41, 5.74) is 0.924. The van der Waals surface area contributed by atoms with E-state index in [4.69, 9.17) is 0 Å². The Labute approximate surface area is 223 Å². The first-order chi connectivity index (χ1) is 18.8. The molecule has 0 radical (unpaired) electrons. The van der Waals surface area contributed by atoms with E-state index in [1.165, 1.54) is 4.90 Å². The highest BCUT2D eigenvalue weighted by molar-refractivity contribution is 6.04. The van der Waals surface area contributed by atoms with Crippen molar-refractivity contribution in [2.24, 2.45) is 0 Å². The van der Waals surface area contributed by atoms with Gasteiger partial charge >= 0.3 is 6.18 Å². The highest BCUT2D eigenvalue weighted by atomic mass is 19.4. The van der Waals surface area contributed by atoms with Crippen LogP contribution in [0.15, 0.2) is 79.1 Å². The number of para-hydroxylation sites is 1. The number of hydrogen-bond acceptors (Lipinski definition) is 5. The lowest BCUT2D eigenvalue weighted by molar-refractivity contribution is -0.141. The van der Waals surface area contributed by atoms with Gasteiger partial charge in [0.05, 0.1) is 11.9 Å². The Kier molecular flexibility index (Phi) is 8.08. The number of amides is 2. The Morgan fingerprint density at radius 3 is 2.26 bits per heavy atom. The number of anilines is 1. The number of hydrogen-bond donors (Lipinski definition) is 1. The van der Waals surface area contributed by atoms with Crippen LogP contribution in [0.3, 0.4) is 0 Å². The summed E-state index contributed by atoms with van der Waals surface area (Å²) in [6.45, 7) is 6.07. The molecule has 1 aliphatic heterocycles. The van der Waals surface area contributed by atoms with Crippen molar-refractivity contribution in [2.45, 2.75) is 38.9 Å². The number of carbonyl (C=O) groups excluding carboxylic acids is 2. The van der Waals surface area contributed by atoms with Crippen LogP contribution in [0.2, 0.25) is 0 Å². The van der Waals surface area contributed by atoms with Gasteiger partial charge in [0.2, 0.25) is 5.82 Å². The molecule has 0 saturated carbocycles. The number of nitrogens with zero attached hydrogens (tertiary/aromatic N) is 5. The first-order valence-electron chi connectivity index (χ1n) is 12.5. The van der Waals surface area contributed by atoms with Gasteiger partial charge in [-0.1, -0.05) is 62.4 Å². The van der Waals surface area contributed by atoms with Gasteiger partial charge in [-0.3, -0.25) is 14.5 Å². The molecular weight excluding hydrogens is 509 g/mol. The molecule has 0 saturated heterocycles. The molecule has 202 valence electrons. The van der Waals surface area contributed by atoms with Crippen molar-refractivity contribution in [3.63, 3.8) is 0 Å². The molecule has 1 aliphatic rings. The molecule has 39 heavy (non-hydrogen) atoms. The van der Waals surface area contributed by atoms with E-state index in [0.717, 1.165) is 17.4 Å². The second-order valence-electron chi connectivity index (χ2n) is 8.36. The predicted octanol–water partition coefficient (Wildman–Crippen LogP) is 5.00. The van der Waals surface area contributed by atoms with E-state index < -0.39 is 41.5 Å². The van der Waals surface area contributed by atoms with E-state index in [9.17, 15) is 22.8 Å². The summed E-state index contributed by atoms with van der Waals surface area (Å²) >= 11 is 0. The van der Waals surface area contributed by atoms with Crippen LogP contribution in [-0.2, 0) is 11.0 Å². The number of nitrogens with one attached hydrogen (secondary N) is 1. The van der Waals surface area contributed by atoms with E-state index in [0.29, 0.717) is 17.4 Å². The molecule has 0 bridgehead atoms. The Hall–Kier alpha value is -4.54. The number of halogens is 3. The summed E-state index contributed by atoms with van der Waals surface area (Å²) in [4.78, 5) is 35.5. The van der Waals surface area contributed by atoms with Crippen molar-refractivity contribution in [1.29, 1.82) is 0 Å². The smallest absolute Gasteiger partial charge is 0.337 e. The van der Waals surface area contributed by atoms with Gasteiger partial charge in [-0.25, -0.2) is 14.6 Å². The third-order valence-corrected chi connectivity index (χ3v) is 6.14. The lowest BCUT2D eigenvalue weighted by atomic mass is 9.82. The molecule has 0 aliphatic carbocycles. The third kappa shape index (κ3) is 5.38. The number of benzene rings is 2. The van der Waals surface area contributed by atoms with Crippen molar-refractivity contribution in [1.82, 2.24) is 25.1 Å². The maximum Gasteiger partial charge on any atom is 0.433 e. The van der Waals surface area contributed by atoms with Crippen molar-refractivity contribution in [2.75, 3.05) is 11.4 Å². The molecule has 2 aromatic carbocycles. The SMILES string of the molecule is CC.CCN1C(=O)C(NC(=O)c2nccc(C(F)(F)F)n2)C(c2ccccc2)c2cnn(-c3ccccc3)c21.